The zero-order valence-electron chi connectivity index (χ0n) is 26.0. The average Bonchev–Trinajstić information content (AvgIpc) is 3.36. The summed E-state index contributed by atoms with van der Waals surface area (Å²) in [7, 11) is -2.07. The Hall–Kier alpha value is -4.26. The lowest BCUT2D eigenvalue weighted by Gasteiger charge is -2.36. The molecule has 1 amide bonds. The Morgan fingerprint density at radius 2 is 1.78 bits per heavy atom. The Balaban J connectivity index is 1.57. The Kier molecular flexibility index (Phi) is 9.02. The van der Waals surface area contributed by atoms with Gasteiger partial charge in [0, 0.05) is 55.3 Å². The summed E-state index contributed by atoms with van der Waals surface area (Å²) in [4.78, 5) is 25.4. The Labute approximate surface area is 261 Å². The van der Waals surface area contributed by atoms with Crippen molar-refractivity contribution >= 4 is 32.8 Å². The van der Waals surface area contributed by atoms with Gasteiger partial charge in [0.25, 0.3) is 0 Å². The lowest BCUT2D eigenvalue weighted by atomic mass is 10.1. The van der Waals surface area contributed by atoms with E-state index < -0.39 is 38.5 Å². The minimum Gasteiger partial charge on any atom is -0.495 e. The first-order valence-corrected chi connectivity index (χ1v) is 16.5. The minimum absolute atomic E-state index is 0.0999. The fourth-order valence-electron chi connectivity index (χ4n) is 5.32. The maximum Gasteiger partial charge on any atom is 0.410 e. The number of carbonyl (C=O) groups is 1. The van der Waals surface area contributed by atoms with Crippen molar-refractivity contribution in [1.29, 1.82) is 0 Å². The molecule has 0 bridgehead atoms. The Morgan fingerprint density at radius 3 is 2.44 bits per heavy atom. The molecule has 1 fully saturated rings. The topological polar surface area (TPSA) is 107 Å². The van der Waals surface area contributed by atoms with Crippen LogP contribution in [-0.4, -0.2) is 78.6 Å². The number of hydrogen-bond donors (Lipinski definition) is 0. The maximum atomic E-state index is 16.0. The molecule has 0 atom stereocenters. The van der Waals surface area contributed by atoms with Crippen molar-refractivity contribution in [2.45, 2.75) is 45.5 Å². The molecule has 3 aromatic heterocycles. The highest BCUT2D eigenvalue weighted by molar-refractivity contribution is 7.90. The molecule has 1 saturated heterocycles. The van der Waals surface area contributed by atoms with Gasteiger partial charge in [0.1, 0.15) is 28.7 Å². The van der Waals surface area contributed by atoms with Crippen molar-refractivity contribution in [2.24, 2.45) is 0 Å². The number of carbonyl (C=O) groups excluding carboxylic acids is 1. The summed E-state index contributed by atoms with van der Waals surface area (Å²) in [5, 5.41) is 0. The number of amides is 1. The van der Waals surface area contributed by atoms with Crippen LogP contribution in [0, 0.1) is 11.6 Å². The first-order chi connectivity index (χ1) is 21.3. The van der Waals surface area contributed by atoms with Gasteiger partial charge in [0.15, 0.2) is 15.7 Å². The summed E-state index contributed by atoms with van der Waals surface area (Å²) >= 11 is 0. The number of benzene rings is 1. The quantitative estimate of drug-likeness (QED) is 0.239. The number of pyridine rings is 2. The van der Waals surface area contributed by atoms with Crippen molar-refractivity contribution in [2.75, 3.05) is 43.9 Å². The summed E-state index contributed by atoms with van der Waals surface area (Å²) in [6.45, 7) is 9.09. The molecular weight excluding hydrogens is 604 g/mol. The highest BCUT2D eigenvalue weighted by Gasteiger charge is 2.28. The summed E-state index contributed by atoms with van der Waals surface area (Å²) in [6, 6.07) is 7.50. The number of fused-ring (bicyclic) bond motifs is 1. The molecule has 13 heteroatoms. The molecule has 240 valence electrons. The Morgan fingerprint density at radius 1 is 1.04 bits per heavy atom. The van der Waals surface area contributed by atoms with Gasteiger partial charge in [-0.2, -0.15) is 0 Å². The van der Waals surface area contributed by atoms with Crippen molar-refractivity contribution in [3.63, 3.8) is 0 Å². The molecular formula is C32H37F2N5O5S. The molecule has 1 aromatic carbocycles. The number of piperazine rings is 1. The Bertz CT molecular complexity index is 1830. The number of anilines is 1. The fraction of sp³-hybridized carbons (Fsp3) is 0.406. The zero-order chi connectivity index (χ0) is 32.5. The number of aromatic nitrogens is 3. The number of methoxy groups -OCH3 is 1. The van der Waals surface area contributed by atoms with Gasteiger partial charge < -0.3 is 23.8 Å². The molecule has 0 saturated carbocycles. The van der Waals surface area contributed by atoms with E-state index in [1.54, 1.807) is 48.6 Å². The lowest BCUT2D eigenvalue weighted by Crippen LogP contribution is -2.50. The molecule has 4 aromatic rings. The standard InChI is InChI=1S/C32H37F2N5O5S/c1-6-15-45(41,42)20-21-7-8-25(33)30(28(21)34)39-19-24(22-16-23(43-5)18-35-17-22)29-26(39)9-10-27(36-29)37-11-13-38(14-12-37)31(40)44-32(2,3)4/h7-10,16-19H,6,11-15,20H2,1-5H3. The molecule has 5 rings (SSSR count). The van der Waals surface area contributed by atoms with Crippen LogP contribution in [-0.2, 0) is 20.3 Å². The van der Waals surface area contributed by atoms with Crippen LogP contribution in [0.4, 0.5) is 19.4 Å². The van der Waals surface area contributed by atoms with Crippen molar-refractivity contribution in [1.82, 2.24) is 19.4 Å². The molecule has 0 unspecified atom stereocenters. The van der Waals surface area contributed by atoms with Crippen LogP contribution in [0.1, 0.15) is 39.7 Å². The second-order valence-corrected chi connectivity index (χ2v) is 14.2. The number of hydrogen-bond acceptors (Lipinski definition) is 8. The van der Waals surface area contributed by atoms with Crippen LogP contribution in [0.5, 0.6) is 5.75 Å². The molecule has 1 aliphatic rings. The number of halogens is 2. The highest BCUT2D eigenvalue weighted by Crippen LogP contribution is 2.36. The molecule has 0 aliphatic carbocycles. The summed E-state index contributed by atoms with van der Waals surface area (Å²) in [6.07, 6.45) is 4.75. The van der Waals surface area contributed by atoms with E-state index in [1.807, 2.05) is 25.7 Å². The third-order valence-corrected chi connectivity index (χ3v) is 9.21. The second-order valence-electron chi connectivity index (χ2n) is 12.0. The van der Waals surface area contributed by atoms with Crippen LogP contribution in [0.15, 0.2) is 48.9 Å². The maximum absolute atomic E-state index is 16.0. The van der Waals surface area contributed by atoms with Gasteiger partial charge >= 0.3 is 6.09 Å². The predicted molar refractivity (Wildman–Crippen MR) is 169 cm³/mol. The number of rotatable bonds is 8. The predicted octanol–water partition coefficient (Wildman–Crippen LogP) is 5.76. The number of ether oxygens (including phenoxy) is 2. The van der Waals surface area contributed by atoms with E-state index in [4.69, 9.17) is 14.5 Å². The number of nitrogens with zero attached hydrogens (tertiary/aromatic N) is 5. The van der Waals surface area contributed by atoms with E-state index in [0.717, 1.165) is 6.07 Å². The molecule has 1 aliphatic heterocycles. The van der Waals surface area contributed by atoms with Gasteiger partial charge in [-0.15, -0.1) is 0 Å². The van der Waals surface area contributed by atoms with E-state index in [-0.39, 0.29) is 17.4 Å². The minimum atomic E-state index is -3.59. The van der Waals surface area contributed by atoms with E-state index in [2.05, 4.69) is 4.98 Å². The monoisotopic (exact) mass is 641 g/mol. The smallest absolute Gasteiger partial charge is 0.410 e. The van der Waals surface area contributed by atoms with E-state index >= 15 is 8.78 Å². The average molecular weight is 642 g/mol. The lowest BCUT2D eigenvalue weighted by molar-refractivity contribution is 0.0240. The van der Waals surface area contributed by atoms with Crippen LogP contribution in [0.2, 0.25) is 0 Å². The third kappa shape index (κ3) is 7.03. The summed E-state index contributed by atoms with van der Waals surface area (Å²) in [5.41, 5.74) is 0.927. The van der Waals surface area contributed by atoms with Gasteiger partial charge in [0.2, 0.25) is 0 Å². The van der Waals surface area contributed by atoms with Crippen LogP contribution in [0.25, 0.3) is 27.8 Å². The molecule has 0 radical (unpaired) electrons. The van der Waals surface area contributed by atoms with Gasteiger partial charge in [0.05, 0.1) is 35.8 Å². The first kappa shape index (κ1) is 32.1. The van der Waals surface area contributed by atoms with E-state index in [1.165, 1.54) is 17.7 Å². The summed E-state index contributed by atoms with van der Waals surface area (Å²) in [5.74, 6) is -1.33. The molecule has 4 heterocycles. The molecule has 0 N–H and O–H groups in total. The van der Waals surface area contributed by atoms with Gasteiger partial charge in [-0.05, 0) is 51.5 Å². The third-order valence-electron chi connectivity index (χ3n) is 7.43. The van der Waals surface area contributed by atoms with Crippen molar-refractivity contribution < 1.29 is 31.5 Å². The fourth-order valence-corrected chi connectivity index (χ4v) is 6.79. The van der Waals surface area contributed by atoms with E-state index in [9.17, 15) is 13.2 Å². The molecule has 0 spiro atoms. The zero-order valence-corrected chi connectivity index (χ0v) is 26.8. The summed E-state index contributed by atoms with van der Waals surface area (Å²) < 4.78 is 68.7. The second kappa shape index (κ2) is 12.6. The van der Waals surface area contributed by atoms with Crippen molar-refractivity contribution in [3.05, 3.63) is 66.1 Å². The molecule has 45 heavy (non-hydrogen) atoms. The van der Waals surface area contributed by atoms with Crippen LogP contribution >= 0.6 is 0 Å². The SMILES string of the molecule is CCCS(=O)(=O)Cc1ccc(F)c(-n2cc(-c3cncc(OC)c3)c3nc(N4CCN(C(=O)OC(C)(C)C)CC4)ccc32)c1F. The highest BCUT2D eigenvalue weighted by atomic mass is 32.2. The van der Waals surface area contributed by atoms with Crippen LogP contribution in [0.3, 0.4) is 0 Å². The van der Waals surface area contributed by atoms with E-state index in [0.29, 0.717) is 66.3 Å². The van der Waals surface area contributed by atoms with Gasteiger partial charge in [-0.1, -0.05) is 13.0 Å². The molecule has 10 nitrogen and oxygen atoms in total. The normalized spacial score (nSPS) is 14.2. The first-order valence-electron chi connectivity index (χ1n) is 14.7. The van der Waals surface area contributed by atoms with Gasteiger partial charge in [-0.25, -0.2) is 27.0 Å². The van der Waals surface area contributed by atoms with Crippen LogP contribution < -0.4 is 9.64 Å². The van der Waals surface area contributed by atoms with Crippen molar-refractivity contribution in [3.8, 4) is 22.6 Å². The van der Waals surface area contributed by atoms with Gasteiger partial charge in [-0.3, -0.25) is 4.98 Å². The largest absolute Gasteiger partial charge is 0.495 e. The number of sulfone groups is 1.